The Labute approximate surface area is 183 Å². The maximum Gasteiger partial charge on any atom is 0.405 e. The van der Waals surface area contributed by atoms with E-state index in [0.29, 0.717) is 18.8 Å². The molecule has 3 N–H and O–H groups in total. The number of benzene rings is 1. The number of anilines is 1. The number of carbonyl (C=O) groups excluding carboxylic acids is 1. The van der Waals surface area contributed by atoms with Crippen molar-refractivity contribution >= 4 is 17.4 Å². The summed E-state index contributed by atoms with van der Waals surface area (Å²) in [6.45, 7) is 0.511. The molecule has 1 aromatic carbocycles. The molecule has 0 spiro atoms. The lowest BCUT2D eigenvalue weighted by Crippen LogP contribution is -2.36. The first kappa shape index (κ1) is 23.5. The second-order valence-corrected chi connectivity index (χ2v) is 7.38. The van der Waals surface area contributed by atoms with Gasteiger partial charge < -0.3 is 20.4 Å². The Kier molecular flexibility index (Phi) is 7.67. The van der Waals surface area contributed by atoms with Crippen LogP contribution in [0.4, 0.5) is 23.7 Å². The Hall–Kier alpha value is -3.15. The number of imidazole rings is 1. The van der Waals surface area contributed by atoms with E-state index in [9.17, 15) is 18.0 Å². The van der Waals surface area contributed by atoms with Gasteiger partial charge in [0.2, 0.25) is 0 Å². The van der Waals surface area contributed by atoms with Gasteiger partial charge >= 0.3 is 12.2 Å². The Morgan fingerprint density at radius 2 is 2.03 bits per heavy atom. The summed E-state index contributed by atoms with van der Waals surface area (Å²) in [4.78, 5) is 23.6. The van der Waals surface area contributed by atoms with E-state index in [0.717, 1.165) is 29.0 Å². The number of carbonyl (C=O) groups is 1. The predicted octanol–water partition coefficient (Wildman–Crippen LogP) is 3.27. The molecule has 0 aliphatic heterocycles. The molecule has 2 amide bonds. The maximum absolute atomic E-state index is 12.2. The van der Waals surface area contributed by atoms with Crippen LogP contribution in [0.5, 0.6) is 0 Å². The Balaban J connectivity index is 1.65. The van der Waals surface area contributed by atoms with Crippen molar-refractivity contribution < 1.29 is 22.8 Å². The van der Waals surface area contributed by atoms with E-state index in [4.69, 9.17) is 4.84 Å². The van der Waals surface area contributed by atoms with Crippen LogP contribution in [0, 0.1) is 0 Å². The van der Waals surface area contributed by atoms with Crippen LogP contribution in [0.3, 0.4) is 0 Å². The molecule has 0 bridgehead atoms. The fraction of sp³-hybridized carbons (Fsp3) is 0.333. The van der Waals surface area contributed by atoms with E-state index in [1.54, 1.807) is 29.7 Å². The molecule has 0 radical (unpaired) electrons. The van der Waals surface area contributed by atoms with Crippen molar-refractivity contribution in [3.8, 4) is 11.3 Å². The van der Waals surface area contributed by atoms with E-state index >= 15 is 0 Å². The minimum Gasteiger partial charge on any atom is -0.329 e. The number of hydrogen-bond acceptors (Lipinski definition) is 5. The summed E-state index contributed by atoms with van der Waals surface area (Å²) in [5.74, 6) is 0. The van der Waals surface area contributed by atoms with Gasteiger partial charge in [0.05, 0.1) is 18.5 Å². The number of halogens is 3. The van der Waals surface area contributed by atoms with Gasteiger partial charge in [0.15, 0.2) is 0 Å². The smallest absolute Gasteiger partial charge is 0.329 e. The molecule has 0 aliphatic carbocycles. The van der Waals surface area contributed by atoms with Crippen LogP contribution in [0.15, 0.2) is 48.8 Å². The van der Waals surface area contributed by atoms with E-state index < -0.39 is 18.8 Å². The number of hydrogen-bond donors (Lipinski definition) is 3. The number of aromatic nitrogens is 2. The second-order valence-electron chi connectivity index (χ2n) is 7.38. The lowest BCUT2D eigenvalue weighted by Gasteiger charge is -2.11. The number of nitrogens with zero attached hydrogens (tertiary/aromatic N) is 3. The fourth-order valence-corrected chi connectivity index (χ4v) is 2.89. The van der Waals surface area contributed by atoms with Crippen LogP contribution < -0.4 is 16.1 Å². The van der Waals surface area contributed by atoms with Crippen LogP contribution in [0.25, 0.3) is 16.9 Å². The van der Waals surface area contributed by atoms with Gasteiger partial charge in [-0.3, -0.25) is 4.40 Å². The molecule has 0 aliphatic rings. The molecule has 0 atom stereocenters. The third-order valence-corrected chi connectivity index (χ3v) is 4.46. The molecule has 0 saturated carbocycles. The van der Waals surface area contributed by atoms with Crippen LogP contribution in [0.2, 0.25) is 0 Å². The third-order valence-electron chi connectivity index (χ3n) is 4.46. The van der Waals surface area contributed by atoms with Gasteiger partial charge in [-0.05, 0) is 43.9 Å². The summed E-state index contributed by atoms with van der Waals surface area (Å²) in [5, 5.41) is 4.19. The van der Waals surface area contributed by atoms with E-state index in [1.807, 2.05) is 47.8 Å². The quantitative estimate of drug-likeness (QED) is 0.344. The topological polar surface area (TPSA) is 82.9 Å². The van der Waals surface area contributed by atoms with Crippen molar-refractivity contribution in [1.82, 2.24) is 25.1 Å². The molecular formula is C21H25F3N6O2. The van der Waals surface area contributed by atoms with Crippen molar-refractivity contribution in [2.75, 3.05) is 39.1 Å². The highest BCUT2D eigenvalue weighted by Gasteiger charge is 2.27. The van der Waals surface area contributed by atoms with Crippen molar-refractivity contribution in [3.63, 3.8) is 0 Å². The lowest BCUT2D eigenvalue weighted by atomic mass is 10.1. The molecule has 11 heteroatoms. The minimum absolute atomic E-state index is 0.368. The van der Waals surface area contributed by atoms with E-state index in [1.165, 1.54) is 0 Å². The lowest BCUT2D eigenvalue weighted by molar-refractivity contribution is -0.122. The van der Waals surface area contributed by atoms with Crippen LogP contribution in [-0.2, 0) is 11.4 Å². The van der Waals surface area contributed by atoms with E-state index in [2.05, 4.69) is 15.8 Å². The zero-order valence-electron chi connectivity index (χ0n) is 17.7. The highest BCUT2D eigenvalue weighted by molar-refractivity contribution is 5.90. The average Bonchev–Trinajstić information content (AvgIpc) is 3.15. The summed E-state index contributed by atoms with van der Waals surface area (Å²) >= 11 is 0. The molecule has 32 heavy (non-hydrogen) atoms. The number of alkyl halides is 3. The zero-order valence-corrected chi connectivity index (χ0v) is 17.7. The molecule has 172 valence electrons. The molecular weight excluding hydrogens is 425 g/mol. The molecule has 3 aromatic rings. The first-order valence-electron chi connectivity index (χ1n) is 9.89. The van der Waals surface area contributed by atoms with Gasteiger partial charge in [0.25, 0.3) is 0 Å². The third kappa shape index (κ3) is 6.94. The Morgan fingerprint density at radius 3 is 2.78 bits per heavy atom. The first-order valence-corrected chi connectivity index (χ1v) is 9.89. The summed E-state index contributed by atoms with van der Waals surface area (Å²) in [7, 11) is 3.95. The van der Waals surface area contributed by atoms with Gasteiger partial charge in [-0.1, -0.05) is 12.1 Å². The minimum atomic E-state index is -4.47. The summed E-state index contributed by atoms with van der Waals surface area (Å²) < 4.78 is 38.6. The fourth-order valence-electron chi connectivity index (χ4n) is 2.89. The highest BCUT2D eigenvalue weighted by Crippen LogP contribution is 2.24. The van der Waals surface area contributed by atoms with Crippen molar-refractivity contribution in [2.24, 2.45) is 0 Å². The zero-order chi connectivity index (χ0) is 23.1. The standard InChI is InChI=1S/C21H25F3N6O2/c1-29(2)8-9-32-27-12-15-6-7-30-18(13-25-19(30)10-15)16-4-3-5-17(11-16)28-20(31)26-14-21(22,23)24/h3-7,10-11,13,27H,8-9,12,14H2,1-2H3,(H2,26,28,31). The number of hydroxylamine groups is 1. The van der Waals surface area contributed by atoms with Crippen molar-refractivity contribution in [1.29, 1.82) is 0 Å². The van der Waals surface area contributed by atoms with Gasteiger partial charge in [-0.25, -0.2) is 9.78 Å². The molecule has 2 heterocycles. The second kappa shape index (κ2) is 10.4. The average molecular weight is 450 g/mol. The van der Waals surface area contributed by atoms with Crippen molar-refractivity contribution in [3.05, 3.63) is 54.4 Å². The monoisotopic (exact) mass is 450 g/mol. The number of urea groups is 1. The predicted molar refractivity (Wildman–Crippen MR) is 115 cm³/mol. The van der Waals surface area contributed by atoms with Crippen molar-refractivity contribution in [2.45, 2.75) is 12.7 Å². The van der Waals surface area contributed by atoms with Gasteiger partial charge in [-0.2, -0.15) is 18.7 Å². The van der Waals surface area contributed by atoms with Gasteiger partial charge in [0.1, 0.15) is 12.2 Å². The van der Waals surface area contributed by atoms with E-state index in [-0.39, 0.29) is 0 Å². The molecule has 2 aromatic heterocycles. The number of amides is 2. The van der Waals surface area contributed by atoms with Gasteiger partial charge in [-0.15, -0.1) is 0 Å². The first-order chi connectivity index (χ1) is 15.2. The molecule has 8 nitrogen and oxygen atoms in total. The molecule has 3 rings (SSSR count). The normalized spacial score (nSPS) is 11.8. The number of pyridine rings is 1. The number of fused-ring (bicyclic) bond motifs is 1. The van der Waals surface area contributed by atoms with Crippen LogP contribution >= 0.6 is 0 Å². The number of likely N-dealkylation sites (N-methyl/N-ethyl adjacent to an activating group) is 1. The Bertz CT molecular complexity index is 1050. The molecule has 0 unspecified atom stereocenters. The Morgan fingerprint density at radius 1 is 1.22 bits per heavy atom. The highest BCUT2D eigenvalue weighted by atomic mass is 19.4. The van der Waals surface area contributed by atoms with Gasteiger partial charge in [0, 0.05) is 30.5 Å². The summed E-state index contributed by atoms with van der Waals surface area (Å²) in [6.07, 6.45) is -0.893. The van der Waals surface area contributed by atoms with Crippen LogP contribution in [0.1, 0.15) is 5.56 Å². The number of nitrogens with one attached hydrogen (secondary N) is 3. The largest absolute Gasteiger partial charge is 0.405 e. The summed E-state index contributed by atoms with van der Waals surface area (Å²) in [5.41, 5.74) is 6.55. The molecule has 0 saturated heterocycles. The maximum atomic E-state index is 12.2. The SMILES string of the molecule is CN(C)CCONCc1ccn2c(-c3cccc(NC(=O)NCC(F)(F)F)c3)cnc2c1. The van der Waals surface area contributed by atoms with Crippen LogP contribution in [-0.4, -0.2) is 60.3 Å². The summed E-state index contributed by atoms with van der Waals surface area (Å²) in [6, 6.07) is 9.74. The molecule has 0 fully saturated rings. The number of rotatable bonds is 9.